The third-order valence-corrected chi connectivity index (χ3v) is 7.17. The lowest BCUT2D eigenvalue weighted by molar-refractivity contribution is 0.598. The molecule has 32 heavy (non-hydrogen) atoms. The minimum absolute atomic E-state index is 0.0685. The van der Waals surface area contributed by atoms with Gasteiger partial charge in [-0.3, -0.25) is 4.57 Å². The van der Waals surface area contributed by atoms with E-state index in [4.69, 9.17) is 10.1 Å². The predicted molar refractivity (Wildman–Crippen MR) is 126 cm³/mol. The van der Waals surface area contributed by atoms with Crippen LogP contribution in [0.25, 0.3) is 16.7 Å². The van der Waals surface area contributed by atoms with Crippen molar-refractivity contribution in [2.75, 3.05) is 0 Å². The van der Waals surface area contributed by atoms with Crippen LogP contribution in [-0.2, 0) is 22.3 Å². The first-order valence-corrected chi connectivity index (χ1v) is 12.9. The summed E-state index contributed by atoms with van der Waals surface area (Å²) in [5.74, 6) is 1.44. The van der Waals surface area contributed by atoms with Gasteiger partial charge >= 0.3 is 0 Å². The molecule has 168 valence electrons. The number of thioether (sulfide) groups is 1. The van der Waals surface area contributed by atoms with Gasteiger partial charge in [0, 0.05) is 6.54 Å². The lowest BCUT2D eigenvalue weighted by Gasteiger charge is -2.11. The van der Waals surface area contributed by atoms with Crippen molar-refractivity contribution in [1.29, 1.82) is 0 Å². The molecule has 2 heterocycles. The van der Waals surface area contributed by atoms with Crippen LogP contribution in [0.4, 0.5) is 0 Å². The molecule has 0 aliphatic rings. The Labute approximate surface area is 191 Å². The molecule has 0 spiro atoms. The highest BCUT2D eigenvalue weighted by Gasteiger charge is 2.17. The molecule has 10 heteroatoms. The Bertz CT molecular complexity index is 1370. The van der Waals surface area contributed by atoms with Crippen LogP contribution >= 0.6 is 11.8 Å². The number of benzene rings is 2. The molecule has 0 atom stereocenters. The van der Waals surface area contributed by atoms with E-state index in [-0.39, 0.29) is 4.90 Å². The molecular weight excluding hydrogens is 444 g/mol. The number of imidazole rings is 1. The third-order valence-electron chi connectivity index (χ3n) is 5.32. The Morgan fingerprint density at radius 1 is 1.12 bits per heavy atom. The molecule has 0 saturated carbocycles. The zero-order chi connectivity index (χ0) is 22.9. The maximum atomic E-state index is 11.8. The second kappa shape index (κ2) is 9.05. The number of hydrogen-bond acceptors (Lipinski definition) is 6. The molecule has 2 aromatic carbocycles. The lowest BCUT2D eigenvalue weighted by atomic mass is 10.1. The van der Waals surface area contributed by atoms with Crippen LogP contribution in [0.1, 0.15) is 36.7 Å². The summed E-state index contributed by atoms with van der Waals surface area (Å²) >= 11 is 1.55. The Morgan fingerprint density at radius 2 is 1.94 bits per heavy atom. The highest BCUT2D eigenvalue weighted by atomic mass is 32.2. The summed E-state index contributed by atoms with van der Waals surface area (Å²) in [5, 5.41) is 14.5. The normalized spacial score (nSPS) is 12.0. The number of aromatic nitrogens is 5. The predicted octanol–water partition coefficient (Wildman–Crippen LogP) is 3.97. The van der Waals surface area contributed by atoms with Gasteiger partial charge < -0.3 is 4.57 Å². The highest BCUT2D eigenvalue weighted by Crippen LogP contribution is 2.28. The summed E-state index contributed by atoms with van der Waals surface area (Å²) in [7, 11) is -3.78. The van der Waals surface area contributed by atoms with E-state index in [1.54, 1.807) is 30.2 Å². The van der Waals surface area contributed by atoms with Gasteiger partial charge in [0.1, 0.15) is 12.2 Å². The smallest absolute Gasteiger partial charge is 0.238 e. The summed E-state index contributed by atoms with van der Waals surface area (Å²) in [4.78, 5) is 4.80. The number of fused-ring (bicyclic) bond motifs is 1. The van der Waals surface area contributed by atoms with E-state index in [1.165, 1.54) is 11.6 Å². The van der Waals surface area contributed by atoms with Gasteiger partial charge in [-0.1, -0.05) is 42.8 Å². The van der Waals surface area contributed by atoms with E-state index in [0.717, 1.165) is 47.1 Å². The minimum atomic E-state index is -3.78. The summed E-state index contributed by atoms with van der Waals surface area (Å²) < 4.78 is 27.7. The van der Waals surface area contributed by atoms with E-state index in [2.05, 4.69) is 53.7 Å². The molecule has 0 aliphatic heterocycles. The van der Waals surface area contributed by atoms with Gasteiger partial charge in [0.2, 0.25) is 10.0 Å². The van der Waals surface area contributed by atoms with Crippen LogP contribution in [0.5, 0.6) is 0 Å². The van der Waals surface area contributed by atoms with Gasteiger partial charge in [0.25, 0.3) is 0 Å². The number of primary sulfonamides is 1. The third kappa shape index (κ3) is 4.57. The number of rotatable bonds is 8. The highest BCUT2D eigenvalue weighted by molar-refractivity contribution is 7.98. The SMILES string of the molecule is CCCCn1c(CSc2nncn2-c2ccc(C)cc2C)nc2cc(S(N)(=O)=O)ccc21. The van der Waals surface area contributed by atoms with Gasteiger partial charge in [-0.15, -0.1) is 10.2 Å². The number of unbranched alkanes of at least 4 members (excludes halogenated alkanes) is 1. The fourth-order valence-electron chi connectivity index (χ4n) is 3.71. The average Bonchev–Trinajstić information content (AvgIpc) is 3.33. The first-order valence-electron chi connectivity index (χ1n) is 10.4. The summed E-state index contributed by atoms with van der Waals surface area (Å²) in [6, 6.07) is 11.1. The zero-order valence-electron chi connectivity index (χ0n) is 18.3. The van der Waals surface area contributed by atoms with E-state index >= 15 is 0 Å². The number of aryl methyl sites for hydroxylation is 3. The van der Waals surface area contributed by atoms with Crippen LogP contribution in [0.15, 0.2) is 52.8 Å². The van der Waals surface area contributed by atoms with Crippen molar-refractivity contribution in [2.24, 2.45) is 5.14 Å². The zero-order valence-corrected chi connectivity index (χ0v) is 19.9. The van der Waals surface area contributed by atoms with Crippen LogP contribution in [0.3, 0.4) is 0 Å². The monoisotopic (exact) mass is 470 g/mol. The molecule has 0 aliphatic carbocycles. The molecule has 0 fully saturated rings. The second-order valence-corrected chi connectivity index (χ2v) is 10.3. The molecule has 0 amide bonds. The fourth-order valence-corrected chi connectivity index (χ4v) is 5.11. The molecular formula is C22H26N6O2S2. The van der Waals surface area contributed by atoms with Crippen molar-refractivity contribution in [3.05, 3.63) is 59.7 Å². The molecule has 0 saturated heterocycles. The minimum Gasteiger partial charge on any atom is -0.327 e. The van der Waals surface area contributed by atoms with Crippen LogP contribution < -0.4 is 5.14 Å². The standard InChI is InChI=1S/C22H26N6O2S2/c1-4-5-10-27-20-9-7-17(32(23,29)30)12-18(20)25-21(27)13-31-22-26-24-14-28(22)19-8-6-15(2)11-16(19)3/h6-9,11-12,14H,4-5,10,13H2,1-3H3,(H2,23,29,30). The largest absolute Gasteiger partial charge is 0.327 e. The summed E-state index contributed by atoms with van der Waals surface area (Å²) in [5.41, 5.74) is 4.92. The maximum Gasteiger partial charge on any atom is 0.238 e. The van der Waals surface area contributed by atoms with Crippen LogP contribution in [0.2, 0.25) is 0 Å². The Balaban J connectivity index is 1.67. The molecule has 4 rings (SSSR count). The van der Waals surface area contributed by atoms with Gasteiger partial charge in [-0.05, 0) is 50.1 Å². The fraction of sp³-hybridized carbons (Fsp3) is 0.318. The summed E-state index contributed by atoms with van der Waals surface area (Å²) in [6.45, 7) is 7.09. The average molecular weight is 471 g/mol. The Kier molecular flexibility index (Phi) is 6.36. The van der Waals surface area contributed by atoms with Gasteiger partial charge in [-0.2, -0.15) is 0 Å². The van der Waals surface area contributed by atoms with E-state index in [0.29, 0.717) is 11.3 Å². The van der Waals surface area contributed by atoms with Gasteiger partial charge in [0.15, 0.2) is 5.16 Å². The van der Waals surface area contributed by atoms with Crippen molar-refractivity contribution >= 4 is 32.8 Å². The second-order valence-electron chi connectivity index (χ2n) is 7.79. The Morgan fingerprint density at radius 3 is 2.66 bits per heavy atom. The first-order chi connectivity index (χ1) is 15.3. The van der Waals surface area contributed by atoms with Crippen LogP contribution in [0, 0.1) is 13.8 Å². The number of hydrogen-bond donors (Lipinski definition) is 1. The molecule has 0 bridgehead atoms. The van der Waals surface area contributed by atoms with Gasteiger partial charge in [-0.25, -0.2) is 18.5 Å². The van der Waals surface area contributed by atoms with E-state index in [9.17, 15) is 8.42 Å². The quantitative estimate of drug-likeness (QED) is 0.390. The van der Waals surface area contributed by atoms with Crippen molar-refractivity contribution in [3.63, 3.8) is 0 Å². The molecule has 0 radical (unpaired) electrons. The Hall–Kier alpha value is -2.69. The lowest BCUT2D eigenvalue weighted by Crippen LogP contribution is -2.11. The van der Waals surface area contributed by atoms with Crippen molar-refractivity contribution < 1.29 is 8.42 Å². The first kappa shape index (κ1) is 22.5. The summed E-state index contributed by atoms with van der Waals surface area (Å²) in [6.07, 6.45) is 3.76. The van der Waals surface area contributed by atoms with Crippen molar-refractivity contribution in [3.8, 4) is 5.69 Å². The number of nitrogens with two attached hydrogens (primary N) is 1. The molecule has 0 unspecified atom stereocenters. The molecule has 2 aromatic heterocycles. The van der Waals surface area contributed by atoms with Crippen molar-refractivity contribution in [2.45, 2.75) is 56.0 Å². The van der Waals surface area contributed by atoms with Crippen LogP contribution in [-0.4, -0.2) is 32.7 Å². The molecule has 4 aromatic rings. The van der Waals surface area contributed by atoms with E-state index < -0.39 is 10.0 Å². The van der Waals surface area contributed by atoms with Crippen molar-refractivity contribution in [1.82, 2.24) is 24.3 Å². The maximum absolute atomic E-state index is 11.8. The number of sulfonamides is 1. The van der Waals surface area contributed by atoms with Gasteiger partial charge in [0.05, 0.1) is 27.4 Å². The van der Waals surface area contributed by atoms with E-state index in [1.807, 2.05) is 4.57 Å². The molecule has 8 nitrogen and oxygen atoms in total. The molecule has 2 N–H and O–H groups in total. The topological polar surface area (TPSA) is 109 Å². The number of nitrogens with zero attached hydrogens (tertiary/aromatic N) is 5.